The minimum atomic E-state index is -0.221. The predicted molar refractivity (Wildman–Crippen MR) is 71.4 cm³/mol. The van der Waals surface area contributed by atoms with Crippen molar-refractivity contribution in [3.05, 3.63) is 30.0 Å². The van der Waals surface area contributed by atoms with Gasteiger partial charge in [-0.2, -0.15) is 0 Å². The number of hydrogen-bond acceptors (Lipinski definition) is 3. The summed E-state index contributed by atoms with van der Waals surface area (Å²) < 4.78 is 0. The number of hydrogen-bond donors (Lipinski definition) is 3. The van der Waals surface area contributed by atoms with E-state index in [2.05, 4.69) is 4.98 Å². The van der Waals surface area contributed by atoms with Gasteiger partial charge in [-0.15, -0.1) is 0 Å². The first-order chi connectivity index (χ1) is 8.54. The number of aromatic amines is 1. The van der Waals surface area contributed by atoms with Crippen LogP contribution in [0.1, 0.15) is 17.4 Å². The van der Waals surface area contributed by atoms with Crippen molar-refractivity contribution in [2.24, 2.45) is 0 Å². The number of nitrogen functional groups attached to an aromatic ring is 1. The molecule has 4 N–H and O–H groups in total. The van der Waals surface area contributed by atoms with E-state index in [1.807, 2.05) is 12.1 Å². The smallest absolute Gasteiger partial charge is 0.270 e. The number of aliphatic hydroxyl groups excluding tert-OH is 1. The summed E-state index contributed by atoms with van der Waals surface area (Å²) in [6, 6.07) is 7.08. The Labute approximate surface area is 105 Å². The van der Waals surface area contributed by atoms with Crippen LogP contribution >= 0.6 is 0 Å². The van der Waals surface area contributed by atoms with Crippen molar-refractivity contribution in [1.82, 2.24) is 9.88 Å². The summed E-state index contributed by atoms with van der Waals surface area (Å²) in [5, 5.41) is 9.97. The average Bonchev–Trinajstić information content (AvgIpc) is 2.81. The van der Waals surface area contributed by atoms with Crippen molar-refractivity contribution in [3.8, 4) is 0 Å². The molecule has 0 spiro atoms. The summed E-state index contributed by atoms with van der Waals surface area (Å²) in [7, 11) is 1.66. The number of nitrogens with two attached hydrogens (primary N) is 1. The number of anilines is 1. The SMILES string of the molecule is CC(CO)N(C)C(=O)c1cc2cccc(N)c2[nH]1. The summed E-state index contributed by atoms with van der Waals surface area (Å²) in [4.78, 5) is 16.7. The largest absolute Gasteiger partial charge is 0.397 e. The molecule has 1 atom stereocenters. The van der Waals surface area contributed by atoms with Crippen LogP contribution in [0.2, 0.25) is 0 Å². The molecule has 1 aromatic carbocycles. The van der Waals surface area contributed by atoms with Gasteiger partial charge in [0.05, 0.1) is 23.9 Å². The monoisotopic (exact) mass is 247 g/mol. The molecule has 0 saturated heterocycles. The quantitative estimate of drug-likeness (QED) is 0.713. The number of nitrogens with zero attached hydrogens (tertiary/aromatic N) is 1. The van der Waals surface area contributed by atoms with Gasteiger partial charge >= 0.3 is 0 Å². The highest BCUT2D eigenvalue weighted by atomic mass is 16.3. The summed E-state index contributed by atoms with van der Waals surface area (Å²) >= 11 is 0. The number of aliphatic hydroxyl groups is 1. The van der Waals surface area contributed by atoms with E-state index in [1.54, 1.807) is 26.1 Å². The normalized spacial score (nSPS) is 12.6. The van der Waals surface area contributed by atoms with Crippen LogP contribution < -0.4 is 5.73 Å². The molecule has 0 radical (unpaired) electrons. The highest BCUT2D eigenvalue weighted by Crippen LogP contribution is 2.21. The van der Waals surface area contributed by atoms with E-state index in [1.165, 1.54) is 4.90 Å². The predicted octanol–water partition coefficient (Wildman–Crippen LogP) is 1.20. The lowest BCUT2D eigenvalue weighted by Gasteiger charge is -2.22. The van der Waals surface area contributed by atoms with Crippen LogP contribution in [-0.4, -0.2) is 40.6 Å². The summed E-state index contributed by atoms with van der Waals surface area (Å²) in [6.07, 6.45) is 0. The minimum absolute atomic E-state index is 0.0649. The first kappa shape index (κ1) is 12.4. The fraction of sp³-hybridized carbons (Fsp3) is 0.308. The van der Waals surface area contributed by atoms with Crippen LogP contribution in [0.25, 0.3) is 10.9 Å². The lowest BCUT2D eigenvalue weighted by atomic mass is 10.2. The molecule has 1 heterocycles. The van der Waals surface area contributed by atoms with Crippen molar-refractivity contribution < 1.29 is 9.90 Å². The Morgan fingerprint density at radius 3 is 2.89 bits per heavy atom. The van der Waals surface area contributed by atoms with Gasteiger partial charge in [0, 0.05) is 12.4 Å². The lowest BCUT2D eigenvalue weighted by Crippen LogP contribution is -2.37. The second-order valence-electron chi connectivity index (χ2n) is 4.44. The van der Waals surface area contributed by atoms with Crippen molar-refractivity contribution in [3.63, 3.8) is 0 Å². The van der Waals surface area contributed by atoms with Gasteiger partial charge < -0.3 is 20.7 Å². The van der Waals surface area contributed by atoms with E-state index in [9.17, 15) is 4.79 Å². The van der Waals surface area contributed by atoms with Crippen molar-refractivity contribution in [1.29, 1.82) is 0 Å². The van der Waals surface area contributed by atoms with Gasteiger partial charge in [0.1, 0.15) is 5.69 Å². The number of likely N-dealkylation sites (N-methyl/N-ethyl adjacent to an activating group) is 1. The topological polar surface area (TPSA) is 82.3 Å². The highest BCUT2D eigenvalue weighted by molar-refractivity contribution is 6.00. The molecule has 0 saturated carbocycles. The molecule has 96 valence electrons. The van der Waals surface area contributed by atoms with Crippen molar-refractivity contribution in [2.75, 3.05) is 19.4 Å². The van der Waals surface area contributed by atoms with Gasteiger partial charge in [0.2, 0.25) is 0 Å². The van der Waals surface area contributed by atoms with Crippen LogP contribution in [0.3, 0.4) is 0 Å². The molecule has 0 aliphatic carbocycles. The maximum Gasteiger partial charge on any atom is 0.270 e. The van der Waals surface area contributed by atoms with Crippen LogP contribution in [-0.2, 0) is 0 Å². The maximum atomic E-state index is 12.2. The van der Waals surface area contributed by atoms with Crippen LogP contribution in [0, 0.1) is 0 Å². The van der Waals surface area contributed by atoms with Gasteiger partial charge in [-0.25, -0.2) is 0 Å². The molecule has 1 aromatic heterocycles. The third-order valence-corrected chi connectivity index (χ3v) is 3.16. The molecule has 0 aliphatic rings. The fourth-order valence-electron chi connectivity index (χ4n) is 1.81. The summed E-state index contributed by atoms with van der Waals surface area (Å²) in [5.74, 6) is -0.160. The lowest BCUT2D eigenvalue weighted by molar-refractivity contribution is 0.0677. The van der Waals surface area contributed by atoms with Crippen molar-refractivity contribution >= 4 is 22.5 Å². The van der Waals surface area contributed by atoms with E-state index >= 15 is 0 Å². The zero-order valence-electron chi connectivity index (χ0n) is 10.5. The molecule has 5 heteroatoms. The molecule has 18 heavy (non-hydrogen) atoms. The Morgan fingerprint density at radius 1 is 1.56 bits per heavy atom. The second kappa shape index (κ2) is 4.70. The number of carbonyl (C=O) groups excluding carboxylic acids is 1. The molecule has 1 amide bonds. The minimum Gasteiger partial charge on any atom is -0.397 e. The number of benzene rings is 1. The molecule has 5 nitrogen and oxygen atoms in total. The number of H-pyrrole nitrogens is 1. The number of para-hydroxylation sites is 1. The third-order valence-electron chi connectivity index (χ3n) is 3.16. The second-order valence-corrected chi connectivity index (χ2v) is 4.44. The van der Waals surface area contributed by atoms with Crippen LogP contribution in [0.5, 0.6) is 0 Å². The Morgan fingerprint density at radius 2 is 2.28 bits per heavy atom. The molecular formula is C13H17N3O2. The number of fused-ring (bicyclic) bond motifs is 1. The fourth-order valence-corrected chi connectivity index (χ4v) is 1.81. The first-order valence-electron chi connectivity index (χ1n) is 5.80. The Balaban J connectivity index is 2.37. The number of rotatable bonds is 3. The van der Waals surface area contributed by atoms with Crippen molar-refractivity contribution in [2.45, 2.75) is 13.0 Å². The Kier molecular flexibility index (Phi) is 3.25. The zero-order valence-corrected chi connectivity index (χ0v) is 10.5. The van der Waals surface area contributed by atoms with E-state index in [0.717, 1.165) is 10.9 Å². The molecule has 0 fully saturated rings. The highest BCUT2D eigenvalue weighted by Gasteiger charge is 2.18. The number of aromatic nitrogens is 1. The third kappa shape index (κ3) is 2.04. The zero-order chi connectivity index (χ0) is 13.3. The van der Waals surface area contributed by atoms with Gasteiger partial charge in [0.15, 0.2) is 0 Å². The number of nitrogens with one attached hydrogen (secondary N) is 1. The summed E-state index contributed by atoms with van der Waals surface area (Å²) in [5.41, 5.74) is 7.70. The van der Waals surface area contributed by atoms with Crippen LogP contribution in [0.4, 0.5) is 5.69 Å². The van der Waals surface area contributed by atoms with E-state index < -0.39 is 0 Å². The summed E-state index contributed by atoms with van der Waals surface area (Å²) in [6.45, 7) is 1.72. The van der Waals surface area contributed by atoms with Gasteiger partial charge in [0.25, 0.3) is 5.91 Å². The molecule has 2 aromatic rings. The molecule has 1 unspecified atom stereocenters. The first-order valence-corrected chi connectivity index (χ1v) is 5.80. The van der Waals surface area contributed by atoms with Crippen LogP contribution in [0.15, 0.2) is 24.3 Å². The maximum absolute atomic E-state index is 12.2. The number of carbonyl (C=O) groups is 1. The molecular weight excluding hydrogens is 230 g/mol. The van der Waals surface area contributed by atoms with Gasteiger partial charge in [-0.3, -0.25) is 4.79 Å². The Bertz CT molecular complexity index is 577. The van der Waals surface area contributed by atoms with Gasteiger partial charge in [-0.1, -0.05) is 12.1 Å². The molecule has 2 rings (SSSR count). The average molecular weight is 247 g/mol. The number of amides is 1. The molecule has 0 bridgehead atoms. The van der Waals surface area contributed by atoms with E-state index in [0.29, 0.717) is 11.4 Å². The molecule has 0 aliphatic heterocycles. The Hall–Kier alpha value is -2.01. The van der Waals surface area contributed by atoms with E-state index in [4.69, 9.17) is 10.8 Å². The standard InChI is InChI=1S/C13H17N3O2/c1-8(7-17)16(2)13(18)11-6-9-4-3-5-10(14)12(9)15-11/h3-6,8,15,17H,7,14H2,1-2H3. The van der Waals surface area contributed by atoms with Gasteiger partial charge in [-0.05, 0) is 19.1 Å². The van der Waals surface area contributed by atoms with E-state index in [-0.39, 0.29) is 18.6 Å².